The standard InChI is InChI=1S/C20H25ClN2O4/c1-14(22-16-7-10-18(25-3)19(13-16)26-4)20(24)23(2)11-12-27-17-8-5-15(21)6-9-17/h5-10,13-14,22H,11-12H2,1-4H3. The molecule has 0 aromatic heterocycles. The number of nitrogens with zero attached hydrogens (tertiary/aromatic N) is 1. The number of methoxy groups -OCH3 is 2. The van der Waals surface area contributed by atoms with E-state index in [-0.39, 0.29) is 5.91 Å². The second kappa shape index (κ2) is 9.92. The number of amides is 1. The molecule has 1 amide bonds. The van der Waals surface area contributed by atoms with Crippen LogP contribution < -0.4 is 19.5 Å². The average Bonchev–Trinajstić information content (AvgIpc) is 2.68. The molecule has 27 heavy (non-hydrogen) atoms. The maximum absolute atomic E-state index is 12.5. The predicted octanol–water partition coefficient (Wildman–Crippen LogP) is 3.70. The van der Waals surface area contributed by atoms with Crippen LogP contribution in [0.15, 0.2) is 42.5 Å². The highest BCUT2D eigenvalue weighted by Crippen LogP contribution is 2.30. The van der Waals surface area contributed by atoms with E-state index in [4.69, 9.17) is 25.8 Å². The first kappa shape index (κ1) is 20.7. The second-order valence-electron chi connectivity index (χ2n) is 6.00. The molecule has 2 aromatic rings. The number of benzene rings is 2. The number of likely N-dealkylation sites (N-methyl/N-ethyl adjacent to an activating group) is 1. The van der Waals surface area contributed by atoms with E-state index in [1.165, 1.54) is 0 Å². The maximum atomic E-state index is 12.5. The zero-order chi connectivity index (χ0) is 19.8. The molecule has 0 saturated carbocycles. The Hall–Kier alpha value is -2.60. The van der Waals surface area contributed by atoms with E-state index in [0.717, 1.165) is 11.4 Å². The number of ether oxygens (including phenoxy) is 3. The average molecular weight is 393 g/mol. The molecule has 0 aliphatic carbocycles. The highest BCUT2D eigenvalue weighted by Gasteiger charge is 2.18. The molecule has 0 heterocycles. The van der Waals surface area contributed by atoms with Crippen LogP contribution in [0, 0.1) is 0 Å². The Balaban J connectivity index is 1.85. The first-order valence-electron chi connectivity index (χ1n) is 8.56. The molecule has 0 fully saturated rings. The lowest BCUT2D eigenvalue weighted by molar-refractivity contribution is -0.130. The van der Waals surface area contributed by atoms with Crippen molar-refractivity contribution >= 4 is 23.2 Å². The number of anilines is 1. The van der Waals surface area contributed by atoms with Crippen LogP contribution >= 0.6 is 11.6 Å². The molecular formula is C20H25ClN2O4. The fraction of sp³-hybridized carbons (Fsp3) is 0.350. The summed E-state index contributed by atoms with van der Waals surface area (Å²) >= 11 is 5.84. The van der Waals surface area contributed by atoms with Crippen LogP contribution in [0.5, 0.6) is 17.2 Å². The molecule has 6 nitrogen and oxygen atoms in total. The third-order valence-corrected chi connectivity index (χ3v) is 4.27. The molecule has 0 radical (unpaired) electrons. The Kier molecular flexibility index (Phi) is 7.61. The third kappa shape index (κ3) is 5.96. The first-order valence-corrected chi connectivity index (χ1v) is 8.94. The Morgan fingerprint density at radius 3 is 2.41 bits per heavy atom. The van der Waals surface area contributed by atoms with Crippen molar-refractivity contribution in [2.75, 3.05) is 39.7 Å². The molecule has 1 unspecified atom stereocenters. The van der Waals surface area contributed by atoms with E-state index in [0.29, 0.717) is 29.7 Å². The molecule has 146 valence electrons. The highest BCUT2D eigenvalue weighted by molar-refractivity contribution is 6.30. The summed E-state index contributed by atoms with van der Waals surface area (Å²) in [7, 11) is 4.91. The van der Waals surface area contributed by atoms with Gasteiger partial charge in [-0.25, -0.2) is 0 Å². The van der Waals surface area contributed by atoms with Gasteiger partial charge in [0.15, 0.2) is 11.5 Å². The van der Waals surface area contributed by atoms with Crippen LogP contribution in [0.1, 0.15) is 6.92 Å². The Bertz CT molecular complexity index is 752. The van der Waals surface area contributed by atoms with Gasteiger partial charge in [-0.1, -0.05) is 11.6 Å². The Labute approximate surface area is 165 Å². The molecule has 0 spiro atoms. The number of hydrogen-bond acceptors (Lipinski definition) is 5. The highest BCUT2D eigenvalue weighted by atomic mass is 35.5. The lowest BCUT2D eigenvalue weighted by Gasteiger charge is -2.23. The van der Waals surface area contributed by atoms with Crippen LogP contribution in [0.3, 0.4) is 0 Å². The minimum absolute atomic E-state index is 0.0375. The van der Waals surface area contributed by atoms with Crippen molar-refractivity contribution in [3.8, 4) is 17.2 Å². The summed E-state index contributed by atoms with van der Waals surface area (Å²) < 4.78 is 16.1. The lowest BCUT2D eigenvalue weighted by Crippen LogP contribution is -2.40. The number of hydrogen-bond donors (Lipinski definition) is 1. The summed E-state index contributed by atoms with van der Waals surface area (Å²) in [6, 6.07) is 12.2. The quantitative estimate of drug-likeness (QED) is 0.705. The molecule has 1 atom stereocenters. The summed E-state index contributed by atoms with van der Waals surface area (Å²) in [5.41, 5.74) is 0.777. The normalized spacial score (nSPS) is 11.4. The fourth-order valence-electron chi connectivity index (χ4n) is 2.51. The summed E-state index contributed by atoms with van der Waals surface area (Å²) in [4.78, 5) is 14.2. The Morgan fingerprint density at radius 2 is 1.78 bits per heavy atom. The van der Waals surface area contributed by atoms with E-state index in [1.54, 1.807) is 62.6 Å². The van der Waals surface area contributed by atoms with Gasteiger partial charge in [0, 0.05) is 23.8 Å². The summed E-state index contributed by atoms with van der Waals surface area (Å²) in [5, 5.41) is 3.84. The van der Waals surface area contributed by atoms with Crippen LogP contribution in [0.25, 0.3) is 0 Å². The number of halogens is 1. The monoisotopic (exact) mass is 392 g/mol. The van der Waals surface area contributed by atoms with Gasteiger partial charge < -0.3 is 24.4 Å². The largest absolute Gasteiger partial charge is 0.493 e. The van der Waals surface area contributed by atoms with Gasteiger partial charge in [0.25, 0.3) is 0 Å². The van der Waals surface area contributed by atoms with Gasteiger partial charge in [0.05, 0.1) is 20.8 Å². The van der Waals surface area contributed by atoms with Crippen molar-refractivity contribution in [3.05, 3.63) is 47.5 Å². The van der Waals surface area contributed by atoms with E-state index in [1.807, 2.05) is 13.0 Å². The van der Waals surface area contributed by atoms with Crippen molar-refractivity contribution in [1.82, 2.24) is 4.90 Å². The van der Waals surface area contributed by atoms with Gasteiger partial charge in [0.2, 0.25) is 5.91 Å². The van der Waals surface area contributed by atoms with Crippen LogP contribution in [0.2, 0.25) is 5.02 Å². The summed E-state index contributed by atoms with van der Waals surface area (Å²) in [5.74, 6) is 1.92. The molecular weight excluding hydrogens is 368 g/mol. The topological polar surface area (TPSA) is 60.0 Å². The SMILES string of the molecule is COc1ccc(NC(C)C(=O)N(C)CCOc2ccc(Cl)cc2)cc1OC. The van der Waals surface area contributed by atoms with Gasteiger partial charge in [0.1, 0.15) is 18.4 Å². The van der Waals surface area contributed by atoms with Crippen molar-refractivity contribution in [3.63, 3.8) is 0 Å². The number of rotatable bonds is 9. The van der Waals surface area contributed by atoms with Gasteiger partial charge in [-0.15, -0.1) is 0 Å². The fourth-order valence-corrected chi connectivity index (χ4v) is 2.64. The second-order valence-corrected chi connectivity index (χ2v) is 6.43. The molecule has 0 bridgehead atoms. The third-order valence-electron chi connectivity index (χ3n) is 4.02. The van der Waals surface area contributed by atoms with E-state index < -0.39 is 6.04 Å². The van der Waals surface area contributed by atoms with Gasteiger partial charge >= 0.3 is 0 Å². The van der Waals surface area contributed by atoms with Crippen molar-refractivity contribution in [1.29, 1.82) is 0 Å². The van der Waals surface area contributed by atoms with Crippen molar-refractivity contribution < 1.29 is 19.0 Å². The zero-order valence-electron chi connectivity index (χ0n) is 16.0. The lowest BCUT2D eigenvalue weighted by atomic mass is 10.2. The van der Waals surface area contributed by atoms with Crippen molar-refractivity contribution in [2.45, 2.75) is 13.0 Å². The first-order chi connectivity index (χ1) is 12.9. The molecule has 1 N–H and O–H groups in total. The zero-order valence-corrected chi connectivity index (χ0v) is 16.7. The van der Waals surface area contributed by atoms with Gasteiger partial charge in [-0.3, -0.25) is 4.79 Å². The van der Waals surface area contributed by atoms with Crippen molar-refractivity contribution in [2.24, 2.45) is 0 Å². The number of carbonyl (C=O) groups is 1. The number of nitrogens with one attached hydrogen (secondary N) is 1. The summed E-state index contributed by atoms with van der Waals surface area (Å²) in [6.45, 7) is 2.68. The van der Waals surface area contributed by atoms with Crippen LogP contribution in [-0.4, -0.2) is 51.3 Å². The smallest absolute Gasteiger partial charge is 0.244 e. The molecule has 0 aliphatic heterocycles. The summed E-state index contributed by atoms with van der Waals surface area (Å²) in [6.07, 6.45) is 0. The molecule has 0 aliphatic rings. The Morgan fingerprint density at radius 1 is 1.11 bits per heavy atom. The van der Waals surface area contributed by atoms with E-state index in [2.05, 4.69) is 5.32 Å². The minimum Gasteiger partial charge on any atom is -0.493 e. The molecule has 0 saturated heterocycles. The van der Waals surface area contributed by atoms with Gasteiger partial charge in [-0.2, -0.15) is 0 Å². The van der Waals surface area contributed by atoms with E-state index in [9.17, 15) is 4.79 Å². The minimum atomic E-state index is -0.399. The van der Waals surface area contributed by atoms with E-state index >= 15 is 0 Å². The molecule has 2 rings (SSSR count). The van der Waals surface area contributed by atoms with Crippen LogP contribution in [0.4, 0.5) is 5.69 Å². The number of carbonyl (C=O) groups excluding carboxylic acids is 1. The predicted molar refractivity (Wildman–Crippen MR) is 107 cm³/mol. The van der Waals surface area contributed by atoms with Crippen LogP contribution in [-0.2, 0) is 4.79 Å². The molecule has 7 heteroatoms. The molecule has 2 aromatic carbocycles. The maximum Gasteiger partial charge on any atom is 0.244 e. The van der Waals surface area contributed by atoms with Gasteiger partial charge in [-0.05, 0) is 43.3 Å².